The number of aromatic nitrogens is 1. The highest BCUT2D eigenvalue weighted by molar-refractivity contribution is 5.76. The molecule has 1 fully saturated rings. The van der Waals surface area contributed by atoms with E-state index in [1.165, 1.54) is 0 Å². The summed E-state index contributed by atoms with van der Waals surface area (Å²) in [7, 11) is 0. The van der Waals surface area contributed by atoms with Crippen LogP contribution in [0.3, 0.4) is 0 Å². The molecule has 1 aliphatic heterocycles. The molecule has 1 aliphatic rings. The van der Waals surface area contributed by atoms with E-state index < -0.39 is 0 Å². The number of rotatable bonds is 4. The fourth-order valence-corrected chi connectivity index (χ4v) is 1.48. The van der Waals surface area contributed by atoms with Crippen LogP contribution in [0, 0.1) is 0 Å². The highest BCUT2D eigenvalue weighted by Gasteiger charge is 2.17. The average Bonchev–Trinajstić information content (AvgIpc) is 2.78. The van der Waals surface area contributed by atoms with Crippen molar-refractivity contribution in [1.29, 1.82) is 0 Å². The van der Waals surface area contributed by atoms with Crippen molar-refractivity contribution in [2.75, 3.05) is 31.6 Å². The van der Waals surface area contributed by atoms with Crippen molar-refractivity contribution in [2.24, 2.45) is 0 Å². The van der Waals surface area contributed by atoms with E-state index in [1.54, 1.807) is 4.90 Å². The number of nitrogens with zero attached hydrogens (tertiary/aromatic N) is 2. The molecule has 2 heterocycles. The zero-order chi connectivity index (χ0) is 9.80. The first-order valence-electron chi connectivity index (χ1n) is 4.76. The van der Waals surface area contributed by atoms with Crippen molar-refractivity contribution in [1.82, 2.24) is 14.9 Å². The van der Waals surface area contributed by atoms with Crippen LogP contribution >= 0.6 is 0 Å². The Kier molecular flexibility index (Phi) is 2.58. The predicted molar refractivity (Wildman–Crippen MR) is 53.6 cm³/mol. The van der Waals surface area contributed by atoms with Crippen molar-refractivity contribution in [2.45, 2.75) is 0 Å². The summed E-state index contributed by atoms with van der Waals surface area (Å²) in [5.74, 6) is 0. The molecule has 5 nitrogen and oxygen atoms in total. The van der Waals surface area contributed by atoms with Gasteiger partial charge in [-0.3, -0.25) is 4.68 Å². The zero-order valence-electron chi connectivity index (χ0n) is 7.94. The minimum Gasteiger partial charge on any atom is -0.336 e. The highest BCUT2D eigenvalue weighted by Crippen LogP contribution is 1.94. The maximum Gasteiger partial charge on any atom is 0.317 e. The topological polar surface area (TPSA) is 49.3 Å². The van der Waals surface area contributed by atoms with Crippen LogP contribution in [0.4, 0.5) is 4.79 Å². The number of urea groups is 1. The summed E-state index contributed by atoms with van der Waals surface area (Å²) >= 11 is 0. The van der Waals surface area contributed by atoms with Crippen molar-refractivity contribution in [3.8, 4) is 0 Å². The molecule has 2 amide bonds. The van der Waals surface area contributed by atoms with E-state index in [1.807, 2.05) is 29.2 Å². The summed E-state index contributed by atoms with van der Waals surface area (Å²) in [6.45, 7) is 3.08. The van der Waals surface area contributed by atoms with Gasteiger partial charge in [0.15, 0.2) is 0 Å². The summed E-state index contributed by atoms with van der Waals surface area (Å²) in [5, 5.41) is 2.77. The van der Waals surface area contributed by atoms with Crippen LogP contribution in [0.1, 0.15) is 0 Å². The molecule has 0 atom stereocenters. The summed E-state index contributed by atoms with van der Waals surface area (Å²) in [5.41, 5.74) is 3.17. The molecule has 2 rings (SSSR count). The molecule has 1 saturated heterocycles. The molecule has 0 unspecified atom stereocenters. The summed E-state index contributed by atoms with van der Waals surface area (Å²) in [6.07, 6.45) is 3.87. The molecule has 2 N–H and O–H groups in total. The second-order valence-electron chi connectivity index (χ2n) is 3.22. The lowest BCUT2D eigenvalue weighted by molar-refractivity contribution is 0.219. The van der Waals surface area contributed by atoms with E-state index in [0.29, 0.717) is 0 Å². The third-order valence-electron chi connectivity index (χ3n) is 2.23. The van der Waals surface area contributed by atoms with Gasteiger partial charge in [-0.2, -0.15) is 0 Å². The maximum absolute atomic E-state index is 11.1. The number of nitrogens with one attached hydrogen (secondary N) is 2. The van der Waals surface area contributed by atoms with Crippen molar-refractivity contribution < 1.29 is 4.79 Å². The van der Waals surface area contributed by atoms with Crippen LogP contribution in [-0.2, 0) is 0 Å². The predicted octanol–water partition coefficient (Wildman–Crippen LogP) is 0.0568. The van der Waals surface area contributed by atoms with Gasteiger partial charge in [0.1, 0.15) is 0 Å². The lowest BCUT2D eigenvalue weighted by Crippen LogP contribution is -2.33. The van der Waals surface area contributed by atoms with E-state index >= 15 is 0 Å². The van der Waals surface area contributed by atoms with Gasteiger partial charge < -0.3 is 15.6 Å². The third kappa shape index (κ3) is 1.99. The lowest BCUT2D eigenvalue weighted by Gasteiger charge is -2.15. The Balaban J connectivity index is 1.70. The third-order valence-corrected chi connectivity index (χ3v) is 2.23. The van der Waals surface area contributed by atoms with Gasteiger partial charge >= 0.3 is 6.03 Å². The minimum atomic E-state index is 0.0410. The van der Waals surface area contributed by atoms with Crippen molar-refractivity contribution >= 4 is 6.03 Å². The van der Waals surface area contributed by atoms with Gasteiger partial charge in [0.05, 0.1) is 0 Å². The Morgan fingerprint density at radius 1 is 1.43 bits per heavy atom. The highest BCUT2D eigenvalue weighted by atomic mass is 16.2. The van der Waals surface area contributed by atoms with Crippen molar-refractivity contribution in [3.63, 3.8) is 0 Å². The van der Waals surface area contributed by atoms with Crippen LogP contribution in [0.15, 0.2) is 24.5 Å². The second-order valence-corrected chi connectivity index (χ2v) is 3.22. The lowest BCUT2D eigenvalue weighted by atomic mass is 10.5. The van der Waals surface area contributed by atoms with Crippen molar-refractivity contribution in [3.05, 3.63) is 24.5 Å². The van der Waals surface area contributed by atoms with Gasteiger partial charge in [-0.05, 0) is 12.1 Å². The number of amides is 2. The Hall–Kier alpha value is -1.65. The molecule has 14 heavy (non-hydrogen) atoms. The quantitative estimate of drug-likeness (QED) is 0.712. The Morgan fingerprint density at radius 2 is 2.21 bits per heavy atom. The summed E-state index contributed by atoms with van der Waals surface area (Å²) in [4.78, 5) is 12.9. The molecule has 0 aromatic carbocycles. The monoisotopic (exact) mass is 194 g/mol. The Labute approximate surface area is 82.7 Å². The second kappa shape index (κ2) is 4.04. The van der Waals surface area contributed by atoms with Gasteiger partial charge in [-0.25, -0.2) is 4.79 Å². The van der Waals surface area contributed by atoms with Gasteiger partial charge in [-0.15, -0.1) is 0 Å². The van der Waals surface area contributed by atoms with Gasteiger partial charge in [0.2, 0.25) is 0 Å². The standard InChI is InChI=1S/C9H14N4O/c14-9-10-3-7-12(9)8-4-11-13-5-1-2-6-13/h1-2,5-6,11H,3-4,7-8H2,(H,10,14). The molecule has 0 bridgehead atoms. The molecule has 1 aromatic heterocycles. The van der Waals surface area contributed by atoms with E-state index in [0.717, 1.165) is 26.2 Å². The van der Waals surface area contributed by atoms with Gasteiger partial charge in [0.25, 0.3) is 0 Å². The maximum atomic E-state index is 11.1. The smallest absolute Gasteiger partial charge is 0.317 e. The molecule has 0 spiro atoms. The first-order chi connectivity index (χ1) is 6.86. The molecule has 1 aromatic rings. The molecule has 0 radical (unpaired) electrons. The SMILES string of the molecule is O=C1NCCN1CCNn1cccc1. The summed E-state index contributed by atoms with van der Waals surface area (Å²) in [6, 6.07) is 3.95. The van der Waals surface area contributed by atoms with E-state index in [-0.39, 0.29) is 6.03 Å². The summed E-state index contributed by atoms with van der Waals surface area (Å²) < 4.78 is 1.88. The fraction of sp³-hybridized carbons (Fsp3) is 0.444. The van der Waals surface area contributed by atoms with Crippen LogP contribution < -0.4 is 10.7 Å². The van der Waals surface area contributed by atoms with Gasteiger partial charge in [0, 0.05) is 38.6 Å². The first-order valence-corrected chi connectivity index (χ1v) is 4.76. The molecule has 0 aliphatic carbocycles. The van der Waals surface area contributed by atoms with E-state index in [4.69, 9.17) is 0 Å². The fourth-order valence-electron chi connectivity index (χ4n) is 1.48. The first kappa shape index (κ1) is 8.93. The molecule has 5 heteroatoms. The molecular weight excluding hydrogens is 180 g/mol. The van der Waals surface area contributed by atoms with Crippen LogP contribution in [0.5, 0.6) is 0 Å². The van der Waals surface area contributed by atoms with Crippen LogP contribution in [0.2, 0.25) is 0 Å². The van der Waals surface area contributed by atoms with Crippen LogP contribution in [-0.4, -0.2) is 41.8 Å². The largest absolute Gasteiger partial charge is 0.336 e. The normalized spacial score (nSPS) is 15.7. The molecule has 76 valence electrons. The molecular formula is C9H14N4O. The average molecular weight is 194 g/mol. The minimum absolute atomic E-state index is 0.0410. The zero-order valence-corrected chi connectivity index (χ0v) is 7.94. The number of hydrogen-bond donors (Lipinski definition) is 2. The number of carbonyl (C=O) groups is 1. The molecule has 0 saturated carbocycles. The van der Waals surface area contributed by atoms with E-state index in [2.05, 4.69) is 10.7 Å². The Bertz CT molecular complexity index is 296. The Morgan fingerprint density at radius 3 is 2.86 bits per heavy atom. The number of carbonyl (C=O) groups excluding carboxylic acids is 1. The number of hydrogen-bond acceptors (Lipinski definition) is 2. The van der Waals surface area contributed by atoms with E-state index in [9.17, 15) is 4.79 Å². The van der Waals surface area contributed by atoms with Crippen LogP contribution in [0.25, 0.3) is 0 Å². The van der Waals surface area contributed by atoms with Gasteiger partial charge in [-0.1, -0.05) is 0 Å².